The Kier molecular flexibility index (Phi) is 4.25. The summed E-state index contributed by atoms with van der Waals surface area (Å²) in [6.45, 7) is 2.25. The van der Waals surface area contributed by atoms with Crippen molar-refractivity contribution in [3.63, 3.8) is 0 Å². The minimum atomic E-state index is 0.0687. The molecule has 0 aliphatic carbocycles. The van der Waals surface area contributed by atoms with Gasteiger partial charge in [-0.3, -0.25) is 14.5 Å². The zero-order chi connectivity index (χ0) is 14.5. The van der Waals surface area contributed by atoms with Gasteiger partial charge in [0.2, 0.25) is 5.91 Å². The van der Waals surface area contributed by atoms with Crippen molar-refractivity contribution in [2.75, 3.05) is 13.1 Å². The first kappa shape index (κ1) is 13.8. The third-order valence-electron chi connectivity index (χ3n) is 3.69. The van der Waals surface area contributed by atoms with Gasteiger partial charge < -0.3 is 10.6 Å². The zero-order valence-corrected chi connectivity index (χ0v) is 11.8. The molecule has 0 saturated carbocycles. The fourth-order valence-electron chi connectivity index (χ4n) is 2.60. The Hall–Kier alpha value is -2.21. The molecule has 1 aliphatic rings. The second kappa shape index (κ2) is 6.49. The molecule has 1 amide bonds. The molecule has 2 aromatic rings. The molecule has 0 fully saturated rings. The molecule has 0 spiro atoms. The minimum absolute atomic E-state index is 0.0687. The molecule has 3 rings (SSSR count). The molecule has 6 heteroatoms. The van der Waals surface area contributed by atoms with Crippen LogP contribution in [0.5, 0.6) is 0 Å². The maximum absolute atomic E-state index is 12.0. The summed E-state index contributed by atoms with van der Waals surface area (Å²) in [5.74, 6) is 0.0687. The quantitative estimate of drug-likeness (QED) is 0.847. The standard InChI is InChI=1S/C15H19N5O/c21-15(18-7-3-12-1-5-16-6-2-12)9-14-11-17-10-13-4-8-19-20(13)14/h1-2,4-6,8,14,17H,3,7,9-11H2,(H,18,21). The molecular weight excluding hydrogens is 266 g/mol. The van der Waals surface area contributed by atoms with E-state index in [-0.39, 0.29) is 11.9 Å². The Morgan fingerprint density at radius 3 is 3.05 bits per heavy atom. The molecule has 0 radical (unpaired) electrons. The second-order valence-corrected chi connectivity index (χ2v) is 5.21. The molecular formula is C15H19N5O. The fraction of sp³-hybridized carbons (Fsp3) is 0.400. The molecule has 0 bridgehead atoms. The average molecular weight is 285 g/mol. The topological polar surface area (TPSA) is 71.8 Å². The van der Waals surface area contributed by atoms with Gasteiger partial charge in [0.05, 0.1) is 18.2 Å². The number of carbonyl (C=O) groups excluding carboxylic acids is 1. The molecule has 2 aromatic heterocycles. The van der Waals surface area contributed by atoms with Crippen molar-refractivity contribution >= 4 is 5.91 Å². The van der Waals surface area contributed by atoms with E-state index in [9.17, 15) is 4.79 Å². The summed E-state index contributed by atoms with van der Waals surface area (Å²) >= 11 is 0. The highest BCUT2D eigenvalue weighted by atomic mass is 16.1. The predicted octanol–water partition coefficient (Wildman–Crippen LogP) is 0.671. The lowest BCUT2D eigenvalue weighted by Crippen LogP contribution is -2.37. The van der Waals surface area contributed by atoms with E-state index >= 15 is 0 Å². The molecule has 21 heavy (non-hydrogen) atoms. The van der Waals surface area contributed by atoms with Crippen molar-refractivity contribution in [3.8, 4) is 0 Å². The lowest BCUT2D eigenvalue weighted by molar-refractivity contribution is -0.121. The van der Waals surface area contributed by atoms with Crippen molar-refractivity contribution in [1.82, 2.24) is 25.4 Å². The van der Waals surface area contributed by atoms with E-state index in [0.717, 1.165) is 25.2 Å². The molecule has 1 unspecified atom stereocenters. The molecule has 0 aromatic carbocycles. The van der Waals surface area contributed by atoms with Crippen molar-refractivity contribution in [3.05, 3.63) is 48.0 Å². The van der Waals surface area contributed by atoms with E-state index in [4.69, 9.17) is 0 Å². The molecule has 1 aliphatic heterocycles. The van der Waals surface area contributed by atoms with Gasteiger partial charge in [-0.1, -0.05) is 0 Å². The molecule has 3 heterocycles. The predicted molar refractivity (Wildman–Crippen MR) is 78.5 cm³/mol. The summed E-state index contributed by atoms with van der Waals surface area (Å²) in [6.07, 6.45) is 6.60. The molecule has 1 atom stereocenters. The van der Waals surface area contributed by atoms with E-state index in [1.165, 1.54) is 5.56 Å². The second-order valence-electron chi connectivity index (χ2n) is 5.21. The largest absolute Gasteiger partial charge is 0.356 e. The van der Waals surface area contributed by atoms with Crippen LogP contribution in [0.25, 0.3) is 0 Å². The first-order valence-electron chi connectivity index (χ1n) is 7.21. The van der Waals surface area contributed by atoms with Gasteiger partial charge in [-0.2, -0.15) is 5.10 Å². The van der Waals surface area contributed by atoms with E-state index in [0.29, 0.717) is 13.0 Å². The number of aromatic nitrogens is 3. The van der Waals surface area contributed by atoms with Crippen LogP contribution in [0.1, 0.15) is 23.7 Å². The van der Waals surface area contributed by atoms with Crippen LogP contribution in [-0.2, 0) is 17.8 Å². The summed E-state index contributed by atoms with van der Waals surface area (Å²) in [4.78, 5) is 16.0. The molecule has 0 saturated heterocycles. The van der Waals surface area contributed by atoms with E-state index in [1.807, 2.05) is 22.9 Å². The van der Waals surface area contributed by atoms with Crippen LogP contribution in [-0.4, -0.2) is 33.8 Å². The van der Waals surface area contributed by atoms with Crippen LogP contribution in [0.3, 0.4) is 0 Å². The van der Waals surface area contributed by atoms with Gasteiger partial charge in [0.15, 0.2) is 0 Å². The average Bonchev–Trinajstić information content (AvgIpc) is 2.98. The van der Waals surface area contributed by atoms with Crippen molar-refractivity contribution in [1.29, 1.82) is 0 Å². The number of amides is 1. The SMILES string of the molecule is O=C(CC1CNCc2ccnn21)NCCc1ccncc1. The minimum Gasteiger partial charge on any atom is -0.356 e. The molecule has 110 valence electrons. The summed E-state index contributed by atoms with van der Waals surface area (Å²) < 4.78 is 1.96. The lowest BCUT2D eigenvalue weighted by Gasteiger charge is -2.25. The van der Waals surface area contributed by atoms with Gasteiger partial charge in [-0.25, -0.2) is 0 Å². The van der Waals surface area contributed by atoms with Gasteiger partial charge >= 0.3 is 0 Å². The number of nitrogens with one attached hydrogen (secondary N) is 2. The van der Waals surface area contributed by atoms with Crippen molar-refractivity contribution < 1.29 is 4.79 Å². The number of pyridine rings is 1. The normalized spacial score (nSPS) is 17.2. The highest BCUT2D eigenvalue weighted by molar-refractivity contribution is 5.76. The number of carbonyl (C=O) groups is 1. The third-order valence-corrected chi connectivity index (χ3v) is 3.69. The number of fused-ring (bicyclic) bond motifs is 1. The zero-order valence-electron chi connectivity index (χ0n) is 11.8. The van der Waals surface area contributed by atoms with Crippen molar-refractivity contribution in [2.24, 2.45) is 0 Å². The van der Waals surface area contributed by atoms with Crippen LogP contribution in [0.4, 0.5) is 0 Å². The van der Waals surface area contributed by atoms with Crippen LogP contribution in [0.15, 0.2) is 36.8 Å². The highest BCUT2D eigenvalue weighted by Gasteiger charge is 2.21. The Balaban J connectivity index is 1.47. The van der Waals surface area contributed by atoms with Crippen LogP contribution in [0, 0.1) is 0 Å². The fourth-order valence-corrected chi connectivity index (χ4v) is 2.60. The van der Waals surface area contributed by atoms with Gasteiger partial charge in [0, 0.05) is 38.2 Å². The smallest absolute Gasteiger partial charge is 0.222 e. The molecule has 2 N–H and O–H groups in total. The summed E-state index contributed by atoms with van der Waals surface area (Å²) in [5.41, 5.74) is 2.31. The Bertz CT molecular complexity index is 595. The number of nitrogens with zero attached hydrogens (tertiary/aromatic N) is 3. The Morgan fingerprint density at radius 2 is 2.19 bits per heavy atom. The summed E-state index contributed by atoms with van der Waals surface area (Å²) in [7, 11) is 0. The highest BCUT2D eigenvalue weighted by Crippen LogP contribution is 2.16. The van der Waals surface area contributed by atoms with Crippen molar-refractivity contribution in [2.45, 2.75) is 25.4 Å². The summed E-state index contributed by atoms with van der Waals surface area (Å²) in [5, 5.41) is 10.6. The molecule has 6 nitrogen and oxygen atoms in total. The van der Waals surface area contributed by atoms with E-state index < -0.39 is 0 Å². The van der Waals surface area contributed by atoms with Gasteiger partial charge in [0.25, 0.3) is 0 Å². The summed E-state index contributed by atoms with van der Waals surface area (Å²) in [6, 6.07) is 6.02. The number of rotatable bonds is 5. The lowest BCUT2D eigenvalue weighted by atomic mass is 10.1. The first-order valence-corrected chi connectivity index (χ1v) is 7.21. The van der Waals surface area contributed by atoms with E-state index in [1.54, 1.807) is 18.6 Å². The number of hydrogen-bond acceptors (Lipinski definition) is 4. The Morgan fingerprint density at radius 1 is 1.33 bits per heavy atom. The van der Waals surface area contributed by atoms with Gasteiger partial charge in [0.1, 0.15) is 0 Å². The first-order chi connectivity index (χ1) is 10.3. The van der Waals surface area contributed by atoms with Crippen LogP contribution < -0.4 is 10.6 Å². The Labute approximate surface area is 123 Å². The van der Waals surface area contributed by atoms with Gasteiger partial charge in [-0.15, -0.1) is 0 Å². The monoisotopic (exact) mass is 285 g/mol. The van der Waals surface area contributed by atoms with Crippen LogP contribution >= 0.6 is 0 Å². The van der Waals surface area contributed by atoms with Gasteiger partial charge in [-0.05, 0) is 30.2 Å². The maximum Gasteiger partial charge on any atom is 0.222 e. The van der Waals surface area contributed by atoms with E-state index in [2.05, 4.69) is 20.7 Å². The number of hydrogen-bond donors (Lipinski definition) is 2. The third kappa shape index (κ3) is 3.46. The maximum atomic E-state index is 12.0. The van der Waals surface area contributed by atoms with Crippen LogP contribution in [0.2, 0.25) is 0 Å².